The first kappa shape index (κ1) is 23.6. The number of Topliss-reactive ketones (excluding diaryl/α,β-unsaturated/α-hetero) is 1. The fraction of sp³-hybridized carbons (Fsp3) is 0.250. The zero-order valence-electron chi connectivity index (χ0n) is 18.5. The van der Waals surface area contributed by atoms with Gasteiger partial charge in [-0.3, -0.25) is 19.8 Å². The topological polar surface area (TPSA) is 115 Å². The van der Waals surface area contributed by atoms with E-state index in [0.29, 0.717) is 5.56 Å². The Labute approximate surface area is 195 Å². The SMILES string of the molecule is C[C@@]1(c2cc(CC(=O)c3ccc(F)cn3)ccc2F)CS(=O)(=O)[C@@](C)(c2ccccn2)C(N)=N1. The molecular formula is C24H22F2N4O3S. The maximum Gasteiger partial charge on any atom is 0.185 e. The van der Waals surface area contributed by atoms with Crippen molar-refractivity contribution in [2.45, 2.75) is 30.6 Å². The minimum Gasteiger partial charge on any atom is -0.386 e. The number of hydrogen-bond acceptors (Lipinski definition) is 7. The Hall–Kier alpha value is -3.53. The molecule has 0 amide bonds. The Morgan fingerprint density at radius 3 is 2.47 bits per heavy atom. The number of nitrogens with zero attached hydrogens (tertiary/aromatic N) is 3. The van der Waals surface area contributed by atoms with Crippen molar-refractivity contribution < 1.29 is 22.0 Å². The first-order chi connectivity index (χ1) is 16.0. The third kappa shape index (κ3) is 3.98. The van der Waals surface area contributed by atoms with E-state index in [-0.39, 0.29) is 29.2 Å². The Morgan fingerprint density at radius 1 is 1.09 bits per heavy atom. The molecule has 3 heterocycles. The van der Waals surface area contributed by atoms with Gasteiger partial charge in [-0.2, -0.15) is 0 Å². The van der Waals surface area contributed by atoms with Gasteiger partial charge in [0.2, 0.25) is 0 Å². The van der Waals surface area contributed by atoms with Crippen molar-refractivity contribution in [1.29, 1.82) is 0 Å². The molecule has 2 aromatic heterocycles. The predicted molar refractivity (Wildman–Crippen MR) is 123 cm³/mol. The third-order valence-corrected chi connectivity index (χ3v) is 8.70. The van der Waals surface area contributed by atoms with Crippen molar-refractivity contribution in [3.05, 3.63) is 95.1 Å². The van der Waals surface area contributed by atoms with Gasteiger partial charge >= 0.3 is 0 Å². The molecule has 0 unspecified atom stereocenters. The Morgan fingerprint density at radius 2 is 1.85 bits per heavy atom. The number of aliphatic imine (C=N–C) groups is 1. The molecule has 10 heteroatoms. The van der Waals surface area contributed by atoms with Gasteiger partial charge in [0.25, 0.3) is 0 Å². The average molecular weight is 485 g/mol. The standard InChI is InChI=1S/C24H22F2N4O3S/c1-23(14-34(32,33)24(2,22(27)30-23)21-5-3-4-10-28-21)17-11-15(6-8-18(17)26)12-20(31)19-9-7-16(25)13-29-19/h3-11,13H,12,14H2,1-2H3,(H2,27,30)/t23-,24-/m0/s1. The lowest BCUT2D eigenvalue weighted by Gasteiger charge is -2.39. The number of aromatic nitrogens is 2. The van der Waals surface area contributed by atoms with Crippen LogP contribution >= 0.6 is 0 Å². The number of benzene rings is 1. The lowest BCUT2D eigenvalue weighted by molar-refractivity contribution is 0.0988. The quantitative estimate of drug-likeness (QED) is 0.557. The molecule has 3 aromatic rings. The average Bonchev–Trinajstić information content (AvgIpc) is 2.79. The summed E-state index contributed by atoms with van der Waals surface area (Å²) in [6.45, 7) is 2.92. The molecule has 1 aromatic carbocycles. The number of rotatable bonds is 5. The highest BCUT2D eigenvalue weighted by molar-refractivity contribution is 7.93. The largest absolute Gasteiger partial charge is 0.386 e. The Balaban J connectivity index is 1.73. The van der Waals surface area contributed by atoms with Crippen molar-refractivity contribution in [2.75, 3.05) is 5.75 Å². The molecule has 1 aliphatic heterocycles. The summed E-state index contributed by atoms with van der Waals surface area (Å²) in [6.07, 6.45) is 2.26. The van der Waals surface area contributed by atoms with Crippen LogP contribution in [-0.4, -0.2) is 35.8 Å². The van der Waals surface area contributed by atoms with Crippen LogP contribution in [0.15, 0.2) is 65.9 Å². The van der Waals surface area contributed by atoms with Gasteiger partial charge in [0.05, 0.1) is 17.6 Å². The summed E-state index contributed by atoms with van der Waals surface area (Å²) in [4.78, 5) is 24.9. The van der Waals surface area contributed by atoms with Crippen LogP contribution in [0.4, 0.5) is 8.78 Å². The molecule has 7 nitrogen and oxygen atoms in total. The minimum absolute atomic E-state index is 0.000499. The molecule has 0 fully saturated rings. The second-order valence-corrected chi connectivity index (χ2v) is 10.9. The minimum atomic E-state index is -3.98. The van der Waals surface area contributed by atoms with Crippen LogP contribution in [0, 0.1) is 11.6 Å². The molecule has 0 radical (unpaired) electrons. The predicted octanol–water partition coefficient (Wildman–Crippen LogP) is 3.10. The molecule has 176 valence electrons. The number of nitrogens with two attached hydrogens (primary N) is 1. The summed E-state index contributed by atoms with van der Waals surface area (Å²) in [5.41, 5.74) is 5.40. The second-order valence-electron chi connectivity index (χ2n) is 8.55. The van der Waals surface area contributed by atoms with Crippen molar-refractivity contribution in [3.8, 4) is 0 Å². The van der Waals surface area contributed by atoms with Crippen LogP contribution in [0.3, 0.4) is 0 Å². The number of hydrogen-bond donors (Lipinski definition) is 1. The van der Waals surface area contributed by atoms with E-state index < -0.39 is 43.3 Å². The van der Waals surface area contributed by atoms with Gasteiger partial charge in [-0.05, 0) is 55.8 Å². The van der Waals surface area contributed by atoms with Crippen LogP contribution in [0.5, 0.6) is 0 Å². The van der Waals surface area contributed by atoms with Crippen LogP contribution < -0.4 is 5.73 Å². The van der Waals surface area contributed by atoms with Crippen LogP contribution in [0.25, 0.3) is 0 Å². The van der Waals surface area contributed by atoms with Gasteiger partial charge in [0, 0.05) is 18.2 Å². The second kappa shape index (κ2) is 8.35. The molecule has 0 spiro atoms. The Kier molecular flexibility index (Phi) is 5.80. The normalized spacial score (nSPS) is 23.8. The van der Waals surface area contributed by atoms with E-state index in [4.69, 9.17) is 5.73 Å². The number of sulfone groups is 1. The van der Waals surface area contributed by atoms with Crippen molar-refractivity contribution in [1.82, 2.24) is 9.97 Å². The highest BCUT2D eigenvalue weighted by Gasteiger charge is 2.54. The van der Waals surface area contributed by atoms with E-state index in [2.05, 4.69) is 15.0 Å². The molecule has 0 aliphatic carbocycles. The molecule has 1 aliphatic rings. The molecule has 0 saturated carbocycles. The number of carbonyl (C=O) groups is 1. The van der Waals surface area contributed by atoms with E-state index in [1.807, 2.05) is 0 Å². The maximum absolute atomic E-state index is 14.9. The number of pyridine rings is 2. The highest BCUT2D eigenvalue weighted by Crippen LogP contribution is 2.42. The van der Waals surface area contributed by atoms with Crippen LogP contribution in [-0.2, 0) is 26.5 Å². The van der Waals surface area contributed by atoms with Crippen molar-refractivity contribution >= 4 is 21.5 Å². The van der Waals surface area contributed by atoms with Gasteiger partial charge in [0.1, 0.15) is 28.7 Å². The summed E-state index contributed by atoms with van der Waals surface area (Å²) < 4.78 is 53.3. The van der Waals surface area contributed by atoms with Crippen molar-refractivity contribution in [2.24, 2.45) is 10.7 Å². The van der Waals surface area contributed by atoms with Crippen LogP contribution in [0.1, 0.15) is 41.2 Å². The summed E-state index contributed by atoms with van der Waals surface area (Å²) >= 11 is 0. The first-order valence-electron chi connectivity index (χ1n) is 10.4. The number of amidine groups is 1. The fourth-order valence-electron chi connectivity index (χ4n) is 4.06. The van der Waals surface area contributed by atoms with E-state index in [0.717, 1.165) is 18.3 Å². The van der Waals surface area contributed by atoms with E-state index >= 15 is 0 Å². The van der Waals surface area contributed by atoms with Gasteiger partial charge in [-0.15, -0.1) is 0 Å². The van der Waals surface area contributed by atoms with Crippen molar-refractivity contribution in [3.63, 3.8) is 0 Å². The monoisotopic (exact) mass is 484 g/mol. The fourth-order valence-corrected chi connectivity index (χ4v) is 6.12. The summed E-state index contributed by atoms with van der Waals surface area (Å²) in [5.74, 6) is -2.35. The zero-order valence-corrected chi connectivity index (χ0v) is 19.3. The molecule has 2 atom stereocenters. The summed E-state index contributed by atoms with van der Waals surface area (Å²) in [6, 6.07) is 11.2. The van der Waals surface area contributed by atoms with Gasteiger partial charge in [0.15, 0.2) is 20.4 Å². The zero-order chi connectivity index (χ0) is 24.7. The number of carbonyl (C=O) groups excluding carboxylic acids is 1. The van der Waals surface area contributed by atoms with E-state index in [1.54, 1.807) is 18.2 Å². The van der Waals surface area contributed by atoms with Gasteiger partial charge < -0.3 is 5.73 Å². The number of halogens is 2. The smallest absolute Gasteiger partial charge is 0.185 e. The lowest BCUT2D eigenvalue weighted by Crippen LogP contribution is -2.55. The lowest BCUT2D eigenvalue weighted by atomic mass is 9.90. The molecule has 4 rings (SSSR count). The summed E-state index contributed by atoms with van der Waals surface area (Å²) in [5, 5.41) is 0. The summed E-state index contributed by atoms with van der Waals surface area (Å²) in [7, 11) is -3.98. The highest BCUT2D eigenvalue weighted by atomic mass is 32.2. The van der Waals surface area contributed by atoms with Gasteiger partial charge in [-0.25, -0.2) is 17.2 Å². The van der Waals surface area contributed by atoms with E-state index in [1.165, 1.54) is 38.2 Å². The third-order valence-electron chi connectivity index (χ3n) is 6.09. The Bertz CT molecular complexity index is 1400. The molecular weight excluding hydrogens is 462 g/mol. The number of ketones is 1. The molecule has 34 heavy (non-hydrogen) atoms. The molecule has 0 saturated heterocycles. The van der Waals surface area contributed by atoms with Gasteiger partial charge in [-0.1, -0.05) is 12.1 Å². The van der Waals surface area contributed by atoms with Crippen LogP contribution in [0.2, 0.25) is 0 Å². The molecule has 2 N–H and O–H groups in total. The molecule has 0 bridgehead atoms. The first-order valence-corrected chi connectivity index (χ1v) is 12.0. The maximum atomic E-state index is 14.9. The van der Waals surface area contributed by atoms with E-state index in [9.17, 15) is 22.0 Å².